The van der Waals surface area contributed by atoms with Gasteiger partial charge in [-0.05, 0) is 24.5 Å². The van der Waals surface area contributed by atoms with Crippen molar-refractivity contribution in [2.75, 3.05) is 6.26 Å². The summed E-state index contributed by atoms with van der Waals surface area (Å²) in [5, 5.41) is 7.22. The minimum atomic E-state index is -0.326. The Morgan fingerprint density at radius 3 is 2.87 bits per heavy atom. The molecule has 0 aliphatic carbocycles. The van der Waals surface area contributed by atoms with E-state index in [2.05, 4.69) is 31.1 Å². The molecular formula is C9H7BrFN3S. The Hall–Kier alpha value is -0.880. The zero-order chi connectivity index (χ0) is 10.8. The van der Waals surface area contributed by atoms with Crippen LogP contribution in [0.3, 0.4) is 0 Å². The summed E-state index contributed by atoms with van der Waals surface area (Å²) in [6.07, 6.45) is 1.87. The zero-order valence-corrected chi connectivity index (χ0v) is 10.2. The first kappa shape index (κ1) is 10.6. The van der Waals surface area contributed by atoms with Crippen molar-refractivity contribution in [1.29, 1.82) is 0 Å². The third-order valence-electron chi connectivity index (χ3n) is 1.83. The second-order valence-corrected chi connectivity index (χ2v) is 4.48. The van der Waals surface area contributed by atoms with Gasteiger partial charge in [-0.3, -0.25) is 5.10 Å². The van der Waals surface area contributed by atoms with Gasteiger partial charge in [0.05, 0.1) is 5.56 Å². The van der Waals surface area contributed by atoms with E-state index in [1.807, 2.05) is 6.26 Å². The van der Waals surface area contributed by atoms with Gasteiger partial charge in [0.15, 0.2) is 5.82 Å². The molecular weight excluding hydrogens is 281 g/mol. The van der Waals surface area contributed by atoms with E-state index in [1.165, 1.54) is 17.8 Å². The van der Waals surface area contributed by atoms with Gasteiger partial charge in [-0.25, -0.2) is 9.37 Å². The summed E-state index contributed by atoms with van der Waals surface area (Å²) in [4.78, 5) is 4.13. The quantitative estimate of drug-likeness (QED) is 0.863. The number of nitrogens with zero attached hydrogens (tertiary/aromatic N) is 2. The minimum Gasteiger partial charge on any atom is -0.258 e. The first-order valence-corrected chi connectivity index (χ1v) is 6.14. The van der Waals surface area contributed by atoms with Crippen molar-refractivity contribution in [3.8, 4) is 11.4 Å². The number of hydrogen-bond donors (Lipinski definition) is 1. The molecule has 2 aromatic rings. The average Bonchev–Trinajstić information content (AvgIpc) is 2.66. The molecule has 6 heteroatoms. The molecule has 0 atom stereocenters. The third kappa shape index (κ3) is 2.21. The number of thioether (sulfide) groups is 1. The summed E-state index contributed by atoms with van der Waals surface area (Å²) < 4.78 is 14.2. The number of hydrogen-bond acceptors (Lipinski definition) is 3. The Morgan fingerprint density at radius 1 is 1.47 bits per heavy atom. The zero-order valence-electron chi connectivity index (χ0n) is 7.79. The normalized spacial score (nSPS) is 10.6. The first-order valence-electron chi connectivity index (χ1n) is 4.12. The molecule has 15 heavy (non-hydrogen) atoms. The lowest BCUT2D eigenvalue weighted by Gasteiger charge is -1.98. The Balaban J connectivity index is 2.44. The molecule has 0 fully saturated rings. The van der Waals surface area contributed by atoms with Crippen LogP contribution in [0.5, 0.6) is 0 Å². The highest BCUT2D eigenvalue weighted by molar-refractivity contribution is 9.10. The molecule has 0 unspecified atom stereocenters. The Labute approximate surface area is 98.6 Å². The molecule has 1 aromatic heterocycles. The van der Waals surface area contributed by atoms with Crippen LogP contribution in [0.25, 0.3) is 11.4 Å². The van der Waals surface area contributed by atoms with Crippen LogP contribution in [0.15, 0.2) is 27.8 Å². The monoisotopic (exact) mass is 287 g/mol. The maximum atomic E-state index is 13.5. The van der Waals surface area contributed by atoms with Gasteiger partial charge in [0.2, 0.25) is 5.16 Å². The van der Waals surface area contributed by atoms with Gasteiger partial charge in [0.25, 0.3) is 0 Å². The van der Waals surface area contributed by atoms with Crippen LogP contribution in [0.2, 0.25) is 0 Å². The summed E-state index contributed by atoms with van der Waals surface area (Å²) in [6, 6.07) is 4.82. The third-order valence-corrected chi connectivity index (χ3v) is 2.87. The van der Waals surface area contributed by atoms with Gasteiger partial charge in [-0.1, -0.05) is 27.7 Å². The average molecular weight is 288 g/mol. The summed E-state index contributed by atoms with van der Waals surface area (Å²) in [7, 11) is 0. The SMILES string of the molecule is CSc1n[nH]c(-c2ccc(Br)cc2F)n1. The number of rotatable bonds is 2. The summed E-state index contributed by atoms with van der Waals surface area (Å²) in [6.45, 7) is 0. The van der Waals surface area contributed by atoms with Crippen LogP contribution in [-0.2, 0) is 0 Å². The van der Waals surface area contributed by atoms with Crippen LogP contribution >= 0.6 is 27.7 Å². The summed E-state index contributed by atoms with van der Waals surface area (Å²) in [5.41, 5.74) is 0.422. The Bertz CT molecular complexity index is 486. The molecule has 0 spiro atoms. The van der Waals surface area contributed by atoms with Crippen LogP contribution in [0.4, 0.5) is 4.39 Å². The van der Waals surface area contributed by atoms with E-state index in [1.54, 1.807) is 12.1 Å². The molecule has 0 radical (unpaired) electrons. The van der Waals surface area contributed by atoms with Crippen molar-refractivity contribution in [3.05, 3.63) is 28.5 Å². The second kappa shape index (κ2) is 4.32. The van der Waals surface area contributed by atoms with Crippen molar-refractivity contribution in [2.45, 2.75) is 5.16 Å². The fourth-order valence-corrected chi connectivity index (χ4v) is 1.79. The molecule has 78 valence electrons. The molecule has 3 nitrogen and oxygen atoms in total. The first-order chi connectivity index (χ1) is 7.20. The van der Waals surface area contributed by atoms with Gasteiger partial charge in [0, 0.05) is 4.47 Å². The molecule has 0 saturated heterocycles. The van der Waals surface area contributed by atoms with Crippen LogP contribution in [-0.4, -0.2) is 21.4 Å². The van der Waals surface area contributed by atoms with Crippen LogP contribution < -0.4 is 0 Å². The topological polar surface area (TPSA) is 41.6 Å². The lowest BCUT2D eigenvalue weighted by atomic mass is 10.2. The number of benzene rings is 1. The molecule has 1 heterocycles. The van der Waals surface area contributed by atoms with Crippen molar-refractivity contribution in [3.63, 3.8) is 0 Å². The largest absolute Gasteiger partial charge is 0.258 e. The fourth-order valence-electron chi connectivity index (χ4n) is 1.14. The number of halogens is 2. The van der Waals surface area contributed by atoms with E-state index in [0.29, 0.717) is 21.0 Å². The molecule has 0 amide bonds. The molecule has 0 aliphatic heterocycles. The van der Waals surface area contributed by atoms with Crippen molar-refractivity contribution in [1.82, 2.24) is 15.2 Å². The van der Waals surface area contributed by atoms with Gasteiger partial charge in [0.1, 0.15) is 5.82 Å². The van der Waals surface area contributed by atoms with Gasteiger partial charge >= 0.3 is 0 Å². The number of nitrogens with one attached hydrogen (secondary N) is 1. The predicted octanol–water partition coefficient (Wildman–Crippen LogP) is 3.10. The van der Waals surface area contributed by atoms with E-state index in [9.17, 15) is 4.39 Å². The molecule has 0 saturated carbocycles. The molecule has 2 rings (SSSR count). The maximum Gasteiger partial charge on any atom is 0.208 e. The highest BCUT2D eigenvalue weighted by atomic mass is 79.9. The van der Waals surface area contributed by atoms with Crippen LogP contribution in [0.1, 0.15) is 0 Å². The number of H-pyrrole nitrogens is 1. The second-order valence-electron chi connectivity index (χ2n) is 2.79. The molecule has 1 aromatic carbocycles. The van der Waals surface area contributed by atoms with Crippen LogP contribution in [0, 0.1) is 5.82 Å². The lowest BCUT2D eigenvalue weighted by Crippen LogP contribution is -1.86. The van der Waals surface area contributed by atoms with E-state index in [-0.39, 0.29) is 5.82 Å². The standard InChI is InChI=1S/C9H7BrFN3S/c1-15-9-12-8(13-14-9)6-3-2-5(10)4-7(6)11/h2-4H,1H3,(H,12,13,14). The number of aromatic nitrogens is 3. The van der Waals surface area contributed by atoms with Crippen molar-refractivity contribution in [2.24, 2.45) is 0 Å². The Kier molecular flexibility index (Phi) is 3.06. The van der Waals surface area contributed by atoms with E-state index >= 15 is 0 Å². The lowest BCUT2D eigenvalue weighted by molar-refractivity contribution is 0.629. The van der Waals surface area contributed by atoms with E-state index in [0.717, 1.165) is 0 Å². The molecule has 0 bridgehead atoms. The molecule has 1 N–H and O–H groups in total. The highest BCUT2D eigenvalue weighted by Gasteiger charge is 2.09. The minimum absolute atomic E-state index is 0.326. The maximum absolute atomic E-state index is 13.5. The summed E-state index contributed by atoms with van der Waals surface area (Å²) >= 11 is 4.61. The van der Waals surface area contributed by atoms with E-state index < -0.39 is 0 Å². The highest BCUT2D eigenvalue weighted by Crippen LogP contribution is 2.23. The van der Waals surface area contributed by atoms with E-state index in [4.69, 9.17) is 0 Å². The predicted molar refractivity (Wildman–Crippen MR) is 61.3 cm³/mol. The van der Waals surface area contributed by atoms with Crippen molar-refractivity contribution >= 4 is 27.7 Å². The molecule has 0 aliphatic rings. The van der Waals surface area contributed by atoms with Crippen molar-refractivity contribution < 1.29 is 4.39 Å². The fraction of sp³-hybridized carbons (Fsp3) is 0.111. The number of aromatic amines is 1. The van der Waals surface area contributed by atoms with Gasteiger partial charge in [-0.15, -0.1) is 5.10 Å². The van der Waals surface area contributed by atoms with Gasteiger partial charge < -0.3 is 0 Å². The smallest absolute Gasteiger partial charge is 0.208 e. The Morgan fingerprint density at radius 2 is 2.27 bits per heavy atom. The van der Waals surface area contributed by atoms with Gasteiger partial charge in [-0.2, -0.15) is 0 Å². The summed E-state index contributed by atoms with van der Waals surface area (Å²) in [5.74, 6) is 0.123.